The van der Waals surface area contributed by atoms with Crippen LogP contribution in [0.3, 0.4) is 0 Å². The quantitative estimate of drug-likeness (QED) is 0.930. The van der Waals surface area contributed by atoms with Crippen LogP contribution in [0, 0.1) is 13.8 Å². The average molecular weight is 328 g/mol. The van der Waals surface area contributed by atoms with Crippen LogP contribution in [-0.4, -0.2) is 30.8 Å². The van der Waals surface area contributed by atoms with Gasteiger partial charge in [0.05, 0.1) is 11.2 Å². The van der Waals surface area contributed by atoms with Crippen LogP contribution in [0.2, 0.25) is 0 Å². The fraction of sp³-hybridized carbons (Fsp3) is 0.556. The summed E-state index contributed by atoms with van der Waals surface area (Å²) >= 11 is 0. The van der Waals surface area contributed by atoms with Crippen LogP contribution in [-0.2, 0) is 5.54 Å². The number of H-pyrrole nitrogens is 1. The van der Waals surface area contributed by atoms with Crippen molar-refractivity contribution in [3.63, 3.8) is 0 Å². The Labute approximate surface area is 144 Å². The highest BCUT2D eigenvalue weighted by molar-refractivity contribution is 5.45. The molecule has 0 radical (unpaired) electrons. The highest BCUT2D eigenvalue weighted by Crippen LogP contribution is 2.35. The second kappa shape index (κ2) is 5.69. The van der Waals surface area contributed by atoms with Crippen molar-refractivity contribution in [2.24, 2.45) is 0 Å². The largest absolute Gasteiger partial charge is 0.345 e. The molecule has 1 aliphatic rings. The molecule has 0 saturated carbocycles. The van der Waals surface area contributed by atoms with Gasteiger partial charge in [0.15, 0.2) is 5.82 Å². The molecule has 130 valence electrons. The summed E-state index contributed by atoms with van der Waals surface area (Å²) in [7, 11) is 0. The Kier molecular flexibility index (Phi) is 3.94. The van der Waals surface area contributed by atoms with Gasteiger partial charge in [0.1, 0.15) is 12.0 Å². The zero-order valence-corrected chi connectivity index (χ0v) is 15.7. The van der Waals surface area contributed by atoms with Crippen molar-refractivity contribution in [3.05, 3.63) is 41.9 Å². The van der Waals surface area contributed by atoms with Gasteiger partial charge in [-0.05, 0) is 54.5 Å². The van der Waals surface area contributed by atoms with Crippen molar-refractivity contribution in [2.75, 3.05) is 4.90 Å². The highest BCUT2D eigenvalue weighted by atomic mass is 15.4. The van der Waals surface area contributed by atoms with E-state index in [1.165, 1.54) is 0 Å². The van der Waals surface area contributed by atoms with Crippen LogP contribution in [0.4, 0.5) is 5.82 Å². The van der Waals surface area contributed by atoms with Gasteiger partial charge in [-0.25, -0.2) is 4.98 Å². The number of aromatic amines is 1. The minimum Gasteiger partial charge on any atom is -0.345 e. The van der Waals surface area contributed by atoms with Gasteiger partial charge in [0, 0.05) is 30.3 Å². The van der Waals surface area contributed by atoms with Crippen molar-refractivity contribution < 1.29 is 0 Å². The molecule has 1 aliphatic heterocycles. The molecule has 0 saturated heterocycles. The zero-order chi connectivity index (χ0) is 17.6. The van der Waals surface area contributed by atoms with Gasteiger partial charge in [-0.2, -0.15) is 5.10 Å². The fourth-order valence-electron chi connectivity index (χ4n) is 3.43. The van der Waals surface area contributed by atoms with E-state index < -0.39 is 0 Å². The van der Waals surface area contributed by atoms with Crippen molar-refractivity contribution in [1.29, 1.82) is 0 Å². The summed E-state index contributed by atoms with van der Waals surface area (Å²) in [6.07, 6.45) is 6.55. The van der Waals surface area contributed by atoms with Crippen LogP contribution in [0.25, 0.3) is 0 Å². The standard InChI is InChI=1S/C18H28N6/c1-12(2)23-11-17(19-14(23)4)22-8-9-24(15(22)5)18(6,7)16-10-13(3)20-21-16/h8-12,15H,1-7H3,(H,20,21)/t15-/m1/s1. The maximum atomic E-state index is 4.75. The number of aryl methyl sites for hydroxylation is 2. The molecule has 24 heavy (non-hydrogen) atoms. The summed E-state index contributed by atoms with van der Waals surface area (Å²) in [5.74, 6) is 2.03. The Hall–Kier alpha value is -2.24. The predicted molar refractivity (Wildman–Crippen MR) is 96.6 cm³/mol. The molecule has 1 atom stereocenters. The minimum absolute atomic E-state index is 0.173. The lowest BCUT2D eigenvalue weighted by Gasteiger charge is -2.39. The van der Waals surface area contributed by atoms with Crippen molar-refractivity contribution >= 4 is 5.82 Å². The van der Waals surface area contributed by atoms with E-state index >= 15 is 0 Å². The molecule has 2 aromatic rings. The predicted octanol–water partition coefficient (Wildman–Crippen LogP) is 3.68. The topological polar surface area (TPSA) is 53.0 Å². The number of hydrogen-bond donors (Lipinski definition) is 1. The molecule has 6 heteroatoms. The molecule has 0 unspecified atom stereocenters. The van der Waals surface area contributed by atoms with Gasteiger partial charge in [0.2, 0.25) is 0 Å². The van der Waals surface area contributed by atoms with Gasteiger partial charge in [-0.3, -0.25) is 5.10 Å². The average Bonchev–Trinajstić information content (AvgIpc) is 3.17. The number of imidazole rings is 1. The monoisotopic (exact) mass is 328 g/mol. The summed E-state index contributed by atoms with van der Waals surface area (Å²) in [6.45, 7) is 15.0. The van der Waals surface area contributed by atoms with Crippen LogP contribution in [0.1, 0.15) is 57.9 Å². The van der Waals surface area contributed by atoms with E-state index in [1.807, 2.05) is 6.92 Å². The molecular formula is C18H28N6. The SMILES string of the molecule is Cc1cc(C(C)(C)N2C=CN(c3cn(C(C)C)c(C)n3)[C@H]2C)n[nH]1. The van der Waals surface area contributed by atoms with Gasteiger partial charge < -0.3 is 14.4 Å². The summed E-state index contributed by atoms with van der Waals surface area (Å²) < 4.78 is 2.21. The number of rotatable bonds is 4. The Morgan fingerprint density at radius 3 is 2.46 bits per heavy atom. The molecule has 2 aromatic heterocycles. The number of anilines is 1. The van der Waals surface area contributed by atoms with E-state index in [1.54, 1.807) is 0 Å². The molecule has 0 aromatic carbocycles. The Morgan fingerprint density at radius 1 is 1.21 bits per heavy atom. The molecule has 0 bridgehead atoms. The third-order valence-electron chi connectivity index (χ3n) is 4.90. The highest BCUT2D eigenvalue weighted by Gasteiger charge is 2.37. The Balaban J connectivity index is 1.86. The fourth-order valence-corrected chi connectivity index (χ4v) is 3.43. The molecule has 1 N–H and O–H groups in total. The zero-order valence-electron chi connectivity index (χ0n) is 15.7. The first kappa shape index (κ1) is 16.6. The van der Waals surface area contributed by atoms with Crippen molar-refractivity contribution in [2.45, 2.75) is 66.2 Å². The molecule has 6 nitrogen and oxygen atoms in total. The summed E-state index contributed by atoms with van der Waals surface area (Å²) in [5.41, 5.74) is 1.92. The van der Waals surface area contributed by atoms with E-state index in [2.05, 4.69) is 90.8 Å². The third kappa shape index (κ3) is 2.60. The maximum absolute atomic E-state index is 4.75. The van der Waals surface area contributed by atoms with E-state index in [0.717, 1.165) is 23.0 Å². The second-order valence-electron chi connectivity index (χ2n) is 7.39. The van der Waals surface area contributed by atoms with Crippen LogP contribution < -0.4 is 4.90 Å². The first-order valence-corrected chi connectivity index (χ1v) is 8.55. The van der Waals surface area contributed by atoms with Gasteiger partial charge in [0.25, 0.3) is 0 Å². The second-order valence-corrected chi connectivity index (χ2v) is 7.39. The first-order valence-electron chi connectivity index (χ1n) is 8.55. The van der Waals surface area contributed by atoms with Crippen LogP contribution in [0.15, 0.2) is 24.7 Å². The maximum Gasteiger partial charge on any atom is 0.152 e. The molecule has 0 fully saturated rings. The summed E-state index contributed by atoms with van der Waals surface area (Å²) in [6, 6.07) is 2.52. The normalized spacial score (nSPS) is 18.2. The lowest BCUT2D eigenvalue weighted by molar-refractivity contribution is 0.148. The van der Waals surface area contributed by atoms with Crippen LogP contribution >= 0.6 is 0 Å². The summed E-state index contributed by atoms with van der Waals surface area (Å²) in [4.78, 5) is 9.29. The molecule has 0 aliphatic carbocycles. The number of hydrogen-bond acceptors (Lipinski definition) is 4. The number of nitrogens with zero attached hydrogens (tertiary/aromatic N) is 5. The molecule has 0 amide bonds. The van der Waals surface area contributed by atoms with Crippen LogP contribution in [0.5, 0.6) is 0 Å². The van der Waals surface area contributed by atoms with Crippen molar-refractivity contribution in [1.82, 2.24) is 24.6 Å². The smallest absolute Gasteiger partial charge is 0.152 e. The van der Waals surface area contributed by atoms with E-state index in [-0.39, 0.29) is 11.7 Å². The van der Waals surface area contributed by atoms with Gasteiger partial charge in [-0.15, -0.1) is 0 Å². The number of aromatic nitrogens is 4. The third-order valence-corrected chi connectivity index (χ3v) is 4.90. The number of nitrogens with one attached hydrogen (secondary N) is 1. The lowest BCUT2D eigenvalue weighted by Crippen LogP contribution is -2.46. The Bertz CT molecular complexity index is 751. The van der Waals surface area contributed by atoms with E-state index in [0.29, 0.717) is 6.04 Å². The summed E-state index contributed by atoms with van der Waals surface area (Å²) in [5, 5.41) is 7.52. The molecule has 3 heterocycles. The first-order chi connectivity index (χ1) is 11.2. The molecular weight excluding hydrogens is 300 g/mol. The van der Waals surface area contributed by atoms with E-state index in [4.69, 9.17) is 4.98 Å². The minimum atomic E-state index is -0.203. The van der Waals surface area contributed by atoms with E-state index in [9.17, 15) is 0 Å². The van der Waals surface area contributed by atoms with Gasteiger partial charge >= 0.3 is 0 Å². The van der Waals surface area contributed by atoms with Crippen molar-refractivity contribution in [3.8, 4) is 0 Å². The van der Waals surface area contributed by atoms with Gasteiger partial charge in [-0.1, -0.05) is 0 Å². The molecule has 0 spiro atoms. The lowest BCUT2D eigenvalue weighted by atomic mass is 9.98. The molecule has 3 rings (SSSR count). The Morgan fingerprint density at radius 2 is 1.92 bits per heavy atom.